The van der Waals surface area contributed by atoms with Crippen molar-refractivity contribution < 1.29 is 9.53 Å². The molecule has 4 nitrogen and oxygen atoms in total. The molecular weight excluding hydrogens is 272 g/mol. The van der Waals surface area contributed by atoms with Gasteiger partial charge in [-0.25, -0.2) is 9.78 Å². The summed E-state index contributed by atoms with van der Waals surface area (Å²) in [6, 6.07) is 7.59. The fraction of sp³-hybridized carbons (Fsp3) is 0.0909. The van der Waals surface area contributed by atoms with Crippen LogP contribution >= 0.6 is 15.9 Å². The van der Waals surface area contributed by atoms with Crippen LogP contribution < -0.4 is 0 Å². The van der Waals surface area contributed by atoms with E-state index < -0.39 is 5.97 Å². The molecule has 0 atom stereocenters. The highest BCUT2D eigenvalue weighted by molar-refractivity contribution is 9.10. The topological polar surface area (TPSA) is 55.0 Å². The monoisotopic (exact) mass is 280 g/mol. The molecule has 2 aromatic rings. The van der Waals surface area contributed by atoms with Gasteiger partial charge in [-0.1, -0.05) is 28.1 Å². The second-order valence-corrected chi connectivity index (χ2v) is 4.08. The zero-order valence-electron chi connectivity index (χ0n) is 8.31. The van der Waals surface area contributed by atoms with E-state index >= 15 is 0 Å². The van der Waals surface area contributed by atoms with Crippen LogP contribution in [0.2, 0.25) is 0 Å². The van der Waals surface area contributed by atoms with Gasteiger partial charge in [0.1, 0.15) is 12.3 Å². The Bertz CT molecular complexity index is 465. The number of hydrogen-bond acceptors (Lipinski definition) is 3. The fourth-order valence-corrected chi connectivity index (χ4v) is 1.44. The lowest BCUT2D eigenvalue weighted by Crippen LogP contribution is -2.05. The Morgan fingerprint density at radius 1 is 1.38 bits per heavy atom. The normalized spacial score (nSPS) is 10.1. The minimum atomic E-state index is -0.402. The smallest absolute Gasteiger partial charge is 0.356 e. The number of hydrogen-bond donors (Lipinski definition) is 1. The second-order valence-electron chi connectivity index (χ2n) is 3.17. The average Bonchev–Trinajstić information content (AvgIpc) is 2.81. The molecule has 0 amide bonds. The van der Waals surface area contributed by atoms with Crippen molar-refractivity contribution >= 4 is 21.9 Å². The molecule has 0 saturated heterocycles. The molecule has 0 aliphatic carbocycles. The number of halogens is 1. The maximum absolute atomic E-state index is 11.4. The van der Waals surface area contributed by atoms with E-state index in [4.69, 9.17) is 4.74 Å². The predicted molar refractivity (Wildman–Crippen MR) is 61.8 cm³/mol. The van der Waals surface area contributed by atoms with E-state index in [1.807, 2.05) is 24.3 Å². The van der Waals surface area contributed by atoms with E-state index in [-0.39, 0.29) is 6.61 Å². The van der Waals surface area contributed by atoms with E-state index in [2.05, 4.69) is 25.9 Å². The third kappa shape index (κ3) is 2.70. The first-order valence-electron chi connectivity index (χ1n) is 4.65. The molecule has 0 unspecified atom stereocenters. The lowest BCUT2D eigenvalue weighted by Gasteiger charge is -2.03. The number of esters is 1. The number of carbonyl (C=O) groups is 1. The molecule has 82 valence electrons. The molecule has 1 N–H and O–H groups in total. The summed E-state index contributed by atoms with van der Waals surface area (Å²) in [4.78, 5) is 17.9. The summed E-state index contributed by atoms with van der Waals surface area (Å²) in [6.07, 6.45) is 2.88. The van der Waals surface area contributed by atoms with Crippen molar-refractivity contribution in [2.24, 2.45) is 0 Å². The third-order valence-electron chi connectivity index (χ3n) is 2.00. The molecule has 0 aliphatic rings. The van der Waals surface area contributed by atoms with Gasteiger partial charge in [0.2, 0.25) is 0 Å². The van der Waals surface area contributed by atoms with Crippen LogP contribution in [0, 0.1) is 0 Å². The molecule has 0 bridgehead atoms. The Balaban J connectivity index is 1.93. The maximum Gasteiger partial charge on any atom is 0.356 e. The Kier molecular flexibility index (Phi) is 3.36. The van der Waals surface area contributed by atoms with Crippen molar-refractivity contribution in [2.45, 2.75) is 6.61 Å². The van der Waals surface area contributed by atoms with Crippen molar-refractivity contribution in [3.63, 3.8) is 0 Å². The minimum Gasteiger partial charge on any atom is -0.456 e. The predicted octanol–water partition coefficient (Wildman–Crippen LogP) is 2.53. The first kappa shape index (κ1) is 10.9. The molecule has 1 heterocycles. The van der Waals surface area contributed by atoms with Crippen LogP contribution in [0.4, 0.5) is 0 Å². The number of nitrogens with one attached hydrogen (secondary N) is 1. The summed E-state index contributed by atoms with van der Waals surface area (Å²) in [7, 11) is 0. The molecule has 1 aromatic carbocycles. The molecule has 16 heavy (non-hydrogen) atoms. The van der Waals surface area contributed by atoms with Gasteiger partial charge in [-0.3, -0.25) is 0 Å². The highest BCUT2D eigenvalue weighted by Crippen LogP contribution is 2.11. The number of carbonyl (C=O) groups excluding carboxylic acids is 1. The third-order valence-corrected chi connectivity index (χ3v) is 2.53. The van der Waals surface area contributed by atoms with Crippen LogP contribution in [0.1, 0.15) is 16.1 Å². The quantitative estimate of drug-likeness (QED) is 0.879. The Labute approximate surface area is 101 Å². The van der Waals surface area contributed by atoms with Gasteiger partial charge in [0.05, 0.1) is 12.5 Å². The minimum absolute atomic E-state index is 0.255. The largest absolute Gasteiger partial charge is 0.456 e. The molecule has 0 saturated carbocycles. The van der Waals surface area contributed by atoms with Gasteiger partial charge in [-0.05, 0) is 17.7 Å². The lowest BCUT2D eigenvalue weighted by molar-refractivity contribution is 0.0466. The van der Waals surface area contributed by atoms with Crippen LogP contribution in [0.5, 0.6) is 0 Å². The molecular formula is C11H9BrN2O2. The van der Waals surface area contributed by atoms with Crippen LogP contribution in [-0.4, -0.2) is 15.9 Å². The van der Waals surface area contributed by atoms with E-state index in [0.29, 0.717) is 5.69 Å². The summed E-state index contributed by atoms with van der Waals surface area (Å²) in [6.45, 7) is 0.255. The Morgan fingerprint density at radius 3 is 2.75 bits per heavy atom. The molecule has 0 radical (unpaired) electrons. The van der Waals surface area contributed by atoms with Crippen molar-refractivity contribution in [1.82, 2.24) is 9.97 Å². The van der Waals surface area contributed by atoms with Gasteiger partial charge in [0, 0.05) is 4.47 Å². The number of rotatable bonds is 3. The average molecular weight is 281 g/mol. The zero-order chi connectivity index (χ0) is 11.4. The number of ether oxygens (including phenoxy) is 1. The van der Waals surface area contributed by atoms with Gasteiger partial charge in [0.15, 0.2) is 0 Å². The summed E-state index contributed by atoms with van der Waals surface area (Å²) in [5.74, 6) is -0.402. The van der Waals surface area contributed by atoms with Crippen molar-refractivity contribution in [3.8, 4) is 0 Å². The molecule has 0 fully saturated rings. The highest BCUT2D eigenvalue weighted by atomic mass is 79.9. The molecule has 0 spiro atoms. The summed E-state index contributed by atoms with van der Waals surface area (Å²) in [5.41, 5.74) is 1.30. The standard InChI is InChI=1S/C11H9BrN2O2/c12-9-3-1-8(2-4-9)6-16-11(15)10-5-13-7-14-10/h1-5,7H,6H2,(H,13,14). The number of aromatic amines is 1. The van der Waals surface area contributed by atoms with Crippen molar-refractivity contribution in [3.05, 3.63) is 52.5 Å². The van der Waals surface area contributed by atoms with Gasteiger partial charge in [0.25, 0.3) is 0 Å². The SMILES string of the molecule is O=C(OCc1ccc(Br)cc1)c1cnc[nH]1. The number of aromatic nitrogens is 2. The van der Waals surface area contributed by atoms with E-state index in [0.717, 1.165) is 10.0 Å². The first-order valence-corrected chi connectivity index (χ1v) is 5.45. The van der Waals surface area contributed by atoms with Crippen molar-refractivity contribution in [1.29, 1.82) is 0 Å². The first-order chi connectivity index (χ1) is 7.75. The molecule has 2 rings (SSSR count). The Hall–Kier alpha value is -1.62. The van der Waals surface area contributed by atoms with E-state index in [1.54, 1.807) is 0 Å². The second kappa shape index (κ2) is 4.94. The van der Waals surface area contributed by atoms with E-state index in [1.165, 1.54) is 12.5 Å². The molecule has 1 aromatic heterocycles. The fourth-order valence-electron chi connectivity index (χ4n) is 1.17. The number of benzene rings is 1. The number of nitrogens with zero attached hydrogens (tertiary/aromatic N) is 1. The maximum atomic E-state index is 11.4. The van der Waals surface area contributed by atoms with Gasteiger partial charge in [-0.15, -0.1) is 0 Å². The summed E-state index contributed by atoms with van der Waals surface area (Å²) in [5, 5.41) is 0. The molecule has 0 aliphatic heterocycles. The van der Waals surface area contributed by atoms with Crippen LogP contribution in [0.25, 0.3) is 0 Å². The van der Waals surface area contributed by atoms with Crippen LogP contribution in [-0.2, 0) is 11.3 Å². The summed E-state index contributed by atoms with van der Waals surface area (Å²) >= 11 is 3.34. The van der Waals surface area contributed by atoms with Gasteiger partial charge < -0.3 is 9.72 Å². The number of imidazole rings is 1. The number of H-pyrrole nitrogens is 1. The van der Waals surface area contributed by atoms with Crippen LogP contribution in [0.3, 0.4) is 0 Å². The van der Waals surface area contributed by atoms with Crippen LogP contribution in [0.15, 0.2) is 41.3 Å². The zero-order valence-corrected chi connectivity index (χ0v) is 9.90. The Morgan fingerprint density at radius 2 is 2.12 bits per heavy atom. The van der Waals surface area contributed by atoms with Gasteiger partial charge >= 0.3 is 5.97 Å². The summed E-state index contributed by atoms with van der Waals surface area (Å²) < 4.78 is 6.08. The lowest BCUT2D eigenvalue weighted by atomic mass is 10.2. The van der Waals surface area contributed by atoms with E-state index in [9.17, 15) is 4.79 Å². The van der Waals surface area contributed by atoms with Gasteiger partial charge in [-0.2, -0.15) is 0 Å². The highest BCUT2D eigenvalue weighted by Gasteiger charge is 2.07. The molecule has 5 heteroatoms. The van der Waals surface area contributed by atoms with Crippen molar-refractivity contribution in [2.75, 3.05) is 0 Å².